The van der Waals surface area contributed by atoms with Crippen LogP contribution in [0.2, 0.25) is 0 Å². The minimum absolute atomic E-state index is 0.0889. The summed E-state index contributed by atoms with van der Waals surface area (Å²) in [6.07, 6.45) is 58.0. The molecule has 60 heavy (non-hydrogen) atoms. The van der Waals surface area contributed by atoms with Crippen molar-refractivity contribution < 1.29 is 28.6 Å². The summed E-state index contributed by atoms with van der Waals surface area (Å²) in [6, 6.07) is 0. The molecule has 0 radical (unpaired) electrons. The Hall–Kier alpha value is -2.63. The van der Waals surface area contributed by atoms with Crippen molar-refractivity contribution in [3.8, 4) is 0 Å². The number of carbonyl (C=O) groups is 3. The molecule has 348 valence electrons. The first-order valence-electron chi connectivity index (χ1n) is 25.6. The Labute approximate surface area is 371 Å². The van der Waals surface area contributed by atoms with E-state index in [9.17, 15) is 14.4 Å². The quantitative estimate of drug-likeness (QED) is 0.0263. The lowest BCUT2D eigenvalue weighted by atomic mass is 10.0. The predicted octanol–water partition coefficient (Wildman–Crippen LogP) is 16.7. The molecule has 0 aliphatic carbocycles. The van der Waals surface area contributed by atoms with Gasteiger partial charge in [-0.1, -0.05) is 204 Å². The largest absolute Gasteiger partial charge is 0.462 e. The van der Waals surface area contributed by atoms with Crippen molar-refractivity contribution in [3.63, 3.8) is 0 Å². The van der Waals surface area contributed by atoms with Gasteiger partial charge in [-0.2, -0.15) is 0 Å². The molecule has 0 rings (SSSR count). The number of carbonyl (C=O) groups excluding carboxylic acids is 3. The van der Waals surface area contributed by atoms with Gasteiger partial charge in [0.05, 0.1) is 0 Å². The standard InChI is InChI=1S/C54H96O6/c1-4-7-10-13-16-19-22-25-27-29-32-35-38-41-44-47-53(56)59-50-51(49-58-52(55)46-43-40-37-34-31-24-21-18-15-12-9-6-3)60-54(57)48-45-42-39-36-33-30-28-26-23-20-17-14-11-8-5-2/h17,20,25-28,33,36,51H,4-16,18-19,21-24,29-32,34-35,37-50H2,1-3H3/b20-17-,27-25-,28-26-,36-33-/t51-/m0/s1. The number of ether oxygens (including phenoxy) is 3. The van der Waals surface area contributed by atoms with Crippen LogP contribution < -0.4 is 0 Å². The third-order valence-electron chi connectivity index (χ3n) is 11.1. The van der Waals surface area contributed by atoms with E-state index in [0.717, 1.165) is 70.6 Å². The highest BCUT2D eigenvalue weighted by Crippen LogP contribution is 2.14. The molecule has 6 nitrogen and oxygen atoms in total. The van der Waals surface area contributed by atoms with E-state index in [1.165, 1.54) is 141 Å². The molecule has 0 N–H and O–H groups in total. The molecular formula is C54H96O6. The Morgan fingerprint density at radius 3 is 1.02 bits per heavy atom. The zero-order chi connectivity index (χ0) is 43.7. The fourth-order valence-electron chi connectivity index (χ4n) is 7.15. The van der Waals surface area contributed by atoms with E-state index in [4.69, 9.17) is 14.2 Å². The van der Waals surface area contributed by atoms with E-state index in [0.29, 0.717) is 19.3 Å². The van der Waals surface area contributed by atoms with Crippen molar-refractivity contribution in [1.82, 2.24) is 0 Å². The van der Waals surface area contributed by atoms with Gasteiger partial charge in [-0.05, 0) is 83.5 Å². The van der Waals surface area contributed by atoms with Gasteiger partial charge in [0.15, 0.2) is 6.10 Å². The molecule has 0 saturated carbocycles. The third-order valence-corrected chi connectivity index (χ3v) is 11.1. The highest BCUT2D eigenvalue weighted by Gasteiger charge is 2.19. The fraction of sp³-hybridized carbons (Fsp3) is 0.796. The summed E-state index contributed by atoms with van der Waals surface area (Å²) >= 11 is 0. The maximum Gasteiger partial charge on any atom is 0.306 e. The van der Waals surface area contributed by atoms with E-state index in [1.54, 1.807) is 0 Å². The van der Waals surface area contributed by atoms with Crippen molar-refractivity contribution in [1.29, 1.82) is 0 Å². The summed E-state index contributed by atoms with van der Waals surface area (Å²) in [5.41, 5.74) is 0. The lowest BCUT2D eigenvalue weighted by Gasteiger charge is -2.18. The molecule has 0 unspecified atom stereocenters. The second-order valence-electron chi connectivity index (χ2n) is 17.1. The average Bonchev–Trinajstić information content (AvgIpc) is 3.24. The highest BCUT2D eigenvalue weighted by molar-refractivity contribution is 5.71. The number of esters is 3. The van der Waals surface area contributed by atoms with Crippen LogP contribution in [-0.2, 0) is 28.6 Å². The van der Waals surface area contributed by atoms with Crippen molar-refractivity contribution in [2.45, 2.75) is 264 Å². The van der Waals surface area contributed by atoms with Crippen molar-refractivity contribution in [2.75, 3.05) is 13.2 Å². The fourth-order valence-corrected chi connectivity index (χ4v) is 7.15. The van der Waals surface area contributed by atoms with E-state index < -0.39 is 6.10 Å². The monoisotopic (exact) mass is 841 g/mol. The second kappa shape index (κ2) is 49.0. The summed E-state index contributed by atoms with van der Waals surface area (Å²) in [5.74, 6) is -0.930. The van der Waals surface area contributed by atoms with Crippen LogP contribution in [0.1, 0.15) is 258 Å². The number of hydrogen-bond donors (Lipinski definition) is 0. The molecule has 6 heteroatoms. The molecular weight excluding hydrogens is 745 g/mol. The summed E-state index contributed by atoms with van der Waals surface area (Å²) in [7, 11) is 0. The molecule has 1 atom stereocenters. The second-order valence-corrected chi connectivity index (χ2v) is 17.1. The molecule has 0 bridgehead atoms. The van der Waals surface area contributed by atoms with Crippen LogP contribution in [0.3, 0.4) is 0 Å². The lowest BCUT2D eigenvalue weighted by molar-refractivity contribution is -0.167. The normalized spacial score (nSPS) is 12.4. The SMILES string of the molecule is CCCCC/C=C\C/C=C\C/C=C\CCCCC(=O)O[C@H](COC(=O)CCCCCCC/C=C\CCCCCCCC)COC(=O)CCCCCCCCCCCCCC. The molecule has 0 aromatic rings. The first kappa shape index (κ1) is 57.4. The topological polar surface area (TPSA) is 78.9 Å². The van der Waals surface area contributed by atoms with Crippen molar-refractivity contribution >= 4 is 17.9 Å². The smallest absolute Gasteiger partial charge is 0.306 e. The van der Waals surface area contributed by atoms with E-state index in [2.05, 4.69) is 69.4 Å². The molecule has 0 aromatic carbocycles. The highest BCUT2D eigenvalue weighted by atomic mass is 16.6. The van der Waals surface area contributed by atoms with Crippen LogP contribution >= 0.6 is 0 Å². The van der Waals surface area contributed by atoms with E-state index >= 15 is 0 Å². The van der Waals surface area contributed by atoms with Crippen LogP contribution in [0.25, 0.3) is 0 Å². The molecule has 0 aliphatic rings. The zero-order valence-electron chi connectivity index (χ0n) is 39.7. The Morgan fingerprint density at radius 1 is 0.333 bits per heavy atom. The Bertz CT molecular complexity index is 1060. The minimum Gasteiger partial charge on any atom is -0.462 e. The van der Waals surface area contributed by atoms with E-state index in [1.807, 2.05) is 0 Å². The Balaban J connectivity index is 4.44. The van der Waals surface area contributed by atoms with Crippen molar-refractivity contribution in [3.05, 3.63) is 48.6 Å². The summed E-state index contributed by atoms with van der Waals surface area (Å²) in [5, 5.41) is 0. The Kier molecular flexibility index (Phi) is 46.9. The van der Waals surface area contributed by atoms with Crippen LogP contribution in [0.4, 0.5) is 0 Å². The zero-order valence-corrected chi connectivity index (χ0v) is 39.7. The van der Waals surface area contributed by atoms with Gasteiger partial charge in [0.2, 0.25) is 0 Å². The van der Waals surface area contributed by atoms with Gasteiger partial charge in [0.1, 0.15) is 13.2 Å². The molecule has 0 saturated heterocycles. The molecule has 0 fully saturated rings. The molecule has 0 aliphatic heterocycles. The summed E-state index contributed by atoms with van der Waals surface area (Å²) < 4.78 is 16.7. The van der Waals surface area contributed by atoms with Crippen molar-refractivity contribution in [2.24, 2.45) is 0 Å². The van der Waals surface area contributed by atoms with Gasteiger partial charge >= 0.3 is 17.9 Å². The predicted molar refractivity (Wildman–Crippen MR) is 256 cm³/mol. The minimum atomic E-state index is -0.792. The van der Waals surface area contributed by atoms with Gasteiger partial charge in [0, 0.05) is 19.3 Å². The van der Waals surface area contributed by atoms with Crippen LogP contribution in [0.5, 0.6) is 0 Å². The van der Waals surface area contributed by atoms with E-state index in [-0.39, 0.29) is 37.5 Å². The number of unbranched alkanes of at least 4 members (excludes halogenated alkanes) is 27. The maximum absolute atomic E-state index is 12.8. The summed E-state index contributed by atoms with van der Waals surface area (Å²) in [6.45, 7) is 6.57. The summed E-state index contributed by atoms with van der Waals surface area (Å²) in [4.78, 5) is 37.9. The van der Waals surface area contributed by atoms with Crippen LogP contribution in [-0.4, -0.2) is 37.2 Å². The number of allylic oxidation sites excluding steroid dienone is 8. The number of hydrogen-bond acceptors (Lipinski definition) is 6. The molecule has 0 aromatic heterocycles. The first-order valence-corrected chi connectivity index (χ1v) is 25.6. The van der Waals surface area contributed by atoms with Crippen LogP contribution in [0, 0.1) is 0 Å². The maximum atomic E-state index is 12.8. The van der Waals surface area contributed by atoms with Gasteiger partial charge < -0.3 is 14.2 Å². The first-order chi connectivity index (χ1) is 29.5. The Morgan fingerprint density at radius 2 is 0.600 bits per heavy atom. The molecule has 0 heterocycles. The van der Waals surface area contributed by atoms with Crippen LogP contribution in [0.15, 0.2) is 48.6 Å². The lowest BCUT2D eigenvalue weighted by Crippen LogP contribution is -2.30. The van der Waals surface area contributed by atoms with Gasteiger partial charge in [-0.15, -0.1) is 0 Å². The number of rotatable bonds is 46. The van der Waals surface area contributed by atoms with Gasteiger partial charge in [0.25, 0.3) is 0 Å². The van der Waals surface area contributed by atoms with Gasteiger partial charge in [-0.3, -0.25) is 14.4 Å². The third kappa shape index (κ3) is 46.4. The average molecular weight is 841 g/mol. The van der Waals surface area contributed by atoms with Gasteiger partial charge in [-0.25, -0.2) is 0 Å². The molecule has 0 spiro atoms. The molecule has 0 amide bonds.